The van der Waals surface area contributed by atoms with Gasteiger partial charge in [0.2, 0.25) is 5.91 Å². The molecule has 0 aromatic heterocycles. The normalized spacial score (nSPS) is 19.0. The number of benzene rings is 1. The van der Waals surface area contributed by atoms with Gasteiger partial charge in [0.15, 0.2) is 0 Å². The van der Waals surface area contributed by atoms with Crippen molar-refractivity contribution in [2.75, 3.05) is 27.2 Å². The topological polar surface area (TPSA) is 67.6 Å². The fourth-order valence-electron chi connectivity index (χ4n) is 2.88. The highest BCUT2D eigenvalue weighted by Gasteiger charge is 2.25. The van der Waals surface area contributed by atoms with Gasteiger partial charge in [-0.3, -0.25) is 4.79 Å². The van der Waals surface area contributed by atoms with E-state index in [-0.39, 0.29) is 36.8 Å². The van der Waals surface area contributed by atoms with Crippen molar-refractivity contribution in [3.8, 4) is 5.75 Å². The lowest BCUT2D eigenvalue weighted by Gasteiger charge is -2.15. The van der Waals surface area contributed by atoms with Crippen LogP contribution in [-0.2, 0) is 11.3 Å². The molecule has 5 nitrogen and oxygen atoms in total. The minimum Gasteiger partial charge on any atom is -0.492 e. The Morgan fingerprint density at radius 2 is 1.92 bits per heavy atom. The van der Waals surface area contributed by atoms with Crippen LogP contribution in [0.3, 0.4) is 0 Å². The molecule has 0 saturated heterocycles. The van der Waals surface area contributed by atoms with Crippen LogP contribution >= 0.6 is 24.8 Å². The maximum Gasteiger partial charge on any atom is 0.220 e. The van der Waals surface area contributed by atoms with E-state index in [9.17, 15) is 4.79 Å². The summed E-state index contributed by atoms with van der Waals surface area (Å²) >= 11 is 0. The third-order valence-corrected chi connectivity index (χ3v) is 4.39. The number of amides is 1. The van der Waals surface area contributed by atoms with E-state index in [1.54, 1.807) is 0 Å². The van der Waals surface area contributed by atoms with Crippen molar-refractivity contribution >= 4 is 30.7 Å². The molecule has 0 bridgehead atoms. The van der Waals surface area contributed by atoms with Gasteiger partial charge in [0.25, 0.3) is 0 Å². The molecule has 0 aliphatic heterocycles. The molecule has 25 heavy (non-hydrogen) atoms. The van der Waals surface area contributed by atoms with Gasteiger partial charge in [0.1, 0.15) is 12.4 Å². The predicted molar refractivity (Wildman–Crippen MR) is 107 cm³/mol. The monoisotopic (exact) mass is 391 g/mol. The zero-order valence-corrected chi connectivity index (χ0v) is 16.7. The van der Waals surface area contributed by atoms with Crippen LogP contribution in [0, 0.1) is 5.92 Å². The first kappa shape index (κ1) is 24.0. The lowest BCUT2D eigenvalue weighted by molar-refractivity contribution is -0.122. The third-order valence-electron chi connectivity index (χ3n) is 4.39. The maximum absolute atomic E-state index is 12.0. The summed E-state index contributed by atoms with van der Waals surface area (Å²) in [6.45, 7) is 2.12. The largest absolute Gasteiger partial charge is 0.492 e. The number of halogens is 2. The summed E-state index contributed by atoms with van der Waals surface area (Å²) in [5.41, 5.74) is 7.09. The van der Waals surface area contributed by atoms with E-state index in [0.717, 1.165) is 37.1 Å². The molecule has 0 radical (unpaired) electrons. The summed E-state index contributed by atoms with van der Waals surface area (Å²) in [5, 5.41) is 2.98. The Morgan fingerprint density at radius 3 is 2.48 bits per heavy atom. The molecule has 2 atom stereocenters. The van der Waals surface area contributed by atoms with Crippen LogP contribution in [0.4, 0.5) is 0 Å². The Labute approximate surface area is 163 Å². The Morgan fingerprint density at radius 1 is 1.24 bits per heavy atom. The zero-order valence-electron chi connectivity index (χ0n) is 15.1. The van der Waals surface area contributed by atoms with Crippen molar-refractivity contribution < 1.29 is 9.53 Å². The standard InChI is InChI=1S/C18H29N3O2.2ClH/c1-21(2)10-11-23-16-8-6-14(7-9-16)13-20-18(22)12-15-4-3-5-17(15)19;;/h6-9,15,17H,3-5,10-13,19H2,1-2H3,(H,20,22);2*1H/t15-,17+;;/m0../s1. The molecule has 1 amide bonds. The van der Waals surface area contributed by atoms with Crippen LogP contribution in [0.5, 0.6) is 5.75 Å². The molecule has 0 unspecified atom stereocenters. The summed E-state index contributed by atoms with van der Waals surface area (Å²) in [5.74, 6) is 1.31. The average Bonchev–Trinajstić information content (AvgIpc) is 2.91. The molecule has 1 aliphatic rings. The highest BCUT2D eigenvalue weighted by Crippen LogP contribution is 2.26. The maximum atomic E-state index is 12.0. The van der Waals surface area contributed by atoms with Gasteiger partial charge in [0, 0.05) is 25.6 Å². The van der Waals surface area contributed by atoms with Gasteiger partial charge < -0.3 is 20.7 Å². The number of carbonyl (C=O) groups excluding carboxylic acids is 1. The summed E-state index contributed by atoms with van der Waals surface area (Å²) in [4.78, 5) is 14.1. The van der Waals surface area contributed by atoms with Gasteiger partial charge in [-0.2, -0.15) is 0 Å². The molecule has 144 valence electrons. The van der Waals surface area contributed by atoms with Crippen molar-refractivity contribution in [1.29, 1.82) is 0 Å². The van der Waals surface area contributed by atoms with E-state index in [2.05, 4.69) is 10.2 Å². The molecule has 1 aromatic carbocycles. The summed E-state index contributed by atoms with van der Waals surface area (Å²) < 4.78 is 5.65. The molecule has 1 aromatic rings. The smallest absolute Gasteiger partial charge is 0.220 e. The third kappa shape index (κ3) is 8.77. The number of hydrogen-bond acceptors (Lipinski definition) is 4. The first-order valence-electron chi connectivity index (χ1n) is 8.43. The van der Waals surface area contributed by atoms with Gasteiger partial charge in [-0.05, 0) is 50.6 Å². The molecule has 1 aliphatic carbocycles. The van der Waals surface area contributed by atoms with Crippen molar-refractivity contribution in [1.82, 2.24) is 10.2 Å². The number of carbonyl (C=O) groups is 1. The van der Waals surface area contributed by atoms with Crippen LogP contribution in [0.2, 0.25) is 0 Å². The fourth-order valence-corrected chi connectivity index (χ4v) is 2.88. The van der Waals surface area contributed by atoms with Crippen LogP contribution < -0.4 is 15.8 Å². The second-order valence-corrected chi connectivity index (χ2v) is 6.63. The zero-order chi connectivity index (χ0) is 16.7. The molecular weight excluding hydrogens is 361 g/mol. The Kier molecular flexibility index (Phi) is 11.9. The molecule has 1 saturated carbocycles. The van der Waals surface area contributed by atoms with Crippen molar-refractivity contribution in [3.63, 3.8) is 0 Å². The van der Waals surface area contributed by atoms with Crippen molar-refractivity contribution in [2.45, 2.75) is 38.3 Å². The van der Waals surface area contributed by atoms with Gasteiger partial charge in [-0.15, -0.1) is 24.8 Å². The van der Waals surface area contributed by atoms with Crippen LogP contribution in [0.1, 0.15) is 31.2 Å². The molecule has 1 fully saturated rings. The number of nitrogens with two attached hydrogens (primary N) is 1. The summed E-state index contributed by atoms with van der Waals surface area (Å²) in [6, 6.07) is 8.08. The lowest BCUT2D eigenvalue weighted by atomic mass is 10.00. The Balaban J connectivity index is 0.00000288. The van der Waals surface area contributed by atoms with Gasteiger partial charge in [-0.25, -0.2) is 0 Å². The van der Waals surface area contributed by atoms with E-state index in [1.165, 1.54) is 0 Å². The minimum atomic E-state index is 0. The van der Waals surface area contributed by atoms with E-state index in [0.29, 0.717) is 25.5 Å². The van der Waals surface area contributed by atoms with Gasteiger partial charge in [0.05, 0.1) is 0 Å². The number of ether oxygens (including phenoxy) is 1. The second-order valence-electron chi connectivity index (χ2n) is 6.63. The van der Waals surface area contributed by atoms with Crippen molar-refractivity contribution in [3.05, 3.63) is 29.8 Å². The lowest BCUT2D eigenvalue weighted by Crippen LogP contribution is -2.31. The first-order chi connectivity index (χ1) is 11.0. The summed E-state index contributed by atoms with van der Waals surface area (Å²) in [6.07, 6.45) is 3.82. The van der Waals surface area contributed by atoms with E-state index >= 15 is 0 Å². The molecule has 2 rings (SSSR count). The van der Waals surface area contributed by atoms with Crippen molar-refractivity contribution in [2.24, 2.45) is 11.7 Å². The average molecular weight is 392 g/mol. The number of likely N-dealkylation sites (N-methyl/N-ethyl adjacent to an activating group) is 1. The Bertz CT molecular complexity index is 498. The van der Waals surface area contributed by atoms with E-state index < -0.39 is 0 Å². The first-order valence-corrected chi connectivity index (χ1v) is 8.43. The summed E-state index contributed by atoms with van der Waals surface area (Å²) in [7, 11) is 4.04. The molecule has 3 N–H and O–H groups in total. The van der Waals surface area contributed by atoms with Gasteiger partial charge in [-0.1, -0.05) is 18.6 Å². The quantitative estimate of drug-likeness (QED) is 0.714. The molecular formula is C18H31Cl2N3O2. The van der Waals surface area contributed by atoms with Gasteiger partial charge >= 0.3 is 0 Å². The second kappa shape index (κ2) is 12.4. The fraction of sp³-hybridized carbons (Fsp3) is 0.611. The predicted octanol–water partition coefficient (Wildman–Crippen LogP) is 2.60. The molecule has 7 heteroatoms. The molecule has 0 heterocycles. The SMILES string of the molecule is CN(C)CCOc1ccc(CNC(=O)C[C@@H]2CCC[C@H]2N)cc1.Cl.Cl. The highest BCUT2D eigenvalue weighted by atomic mass is 35.5. The van der Waals surface area contributed by atoms with Crippen LogP contribution in [0.15, 0.2) is 24.3 Å². The van der Waals surface area contributed by atoms with E-state index in [4.69, 9.17) is 10.5 Å². The number of nitrogens with one attached hydrogen (secondary N) is 1. The van der Waals surface area contributed by atoms with Crippen LogP contribution in [0.25, 0.3) is 0 Å². The minimum absolute atomic E-state index is 0. The Hall–Kier alpha value is -1.01. The highest BCUT2D eigenvalue weighted by molar-refractivity contribution is 5.85. The number of nitrogens with zero attached hydrogens (tertiary/aromatic N) is 1. The number of hydrogen-bond donors (Lipinski definition) is 2. The molecule has 0 spiro atoms. The number of rotatable bonds is 8. The van der Waals surface area contributed by atoms with Crippen LogP contribution in [-0.4, -0.2) is 44.1 Å². The van der Waals surface area contributed by atoms with E-state index in [1.807, 2.05) is 38.4 Å².